The van der Waals surface area contributed by atoms with Gasteiger partial charge in [0.1, 0.15) is 22.5 Å². The lowest BCUT2D eigenvalue weighted by molar-refractivity contribution is 0.299. The maximum Gasteiger partial charge on any atom is 0.143 e. The fraction of sp³-hybridized carbons (Fsp3) is 0.200. The van der Waals surface area contributed by atoms with E-state index in [0.717, 1.165) is 22.2 Å². The Balaban J connectivity index is 2.12. The number of nitrogens with zero attached hydrogens (tertiary/aromatic N) is 3. The van der Waals surface area contributed by atoms with Crippen molar-refractivity contribution in [3.8, 4) is 11.4 Å². The van der Waals surface area contributed by atoms with Gasteiger partial charge in [0.2, 0.25) is 0 Å². The summed E-state index contributed by atoms with van der Waals surface area (Å²) in [6.45, 7) is 2.07. The first-order valence-electron chi connectivity index (χ1n) is 6.44. The minimum Gasteiger partial charge on any atom is -0.506 e. The molecule has 3 rings (SSSR count). The van der Waals surface area contributed by atoms with Gasteiger partial charge < -0.3 is 10.2 Å². The Bertz CT molecular complexity index is 765. The second kappa shape index (κ2) is 4.94. The molecule has 0 bridgehead atoms. The van der Waals surface area contributed by atoms with Gasteiger partial charge in [0.05, 0.1) is 0 Å². The van der Waals surface area contributed by atoms with Crippen LogP contribution in [0.15, 0.2) is 36.4 Å². The second-order valence-corrected chi connectivity index (χ2v) is 4.78. The van der Waals surface area contributed by atoms with Crippen LogP contribution in [0.1, 0.15) is 11.1 Å². The van der Waals surface area contributed by atoms with E-state index in [-0.39, 0.29) is 12.4 Å². The number of aliphatic hydroxyl groups excluding tert-OH is 1. The summed E-state index contributed by atoms with van der Waals surface area (Å²) in [5, 5.41) is 27.7. The molecule has 0 amide bonds. The number of hydrogen-bond acceptors (Lipinski definition) is 4. The Labute approximate surface area is 116 Å². The van der Waals surface area contributed by atoms with Gasteiger partial charge in [-0.05, 0) is 48.7 Å². The molecule has 0 saturated heterocycles. The van der Waals surface area contributed by atoms with Crippen LogP contribution in [0.5, 0.6) is 5.75 Å². The molecular formula is C15H15N3O2. The van der Waals surface area contributed by atoms with Gasteiger partial charge in [-0.25, -0.2) is 0 Å². The maximum absolute atomic E-state index is 9.97. The molecule has 2 aromatic carbocycles. The van der Waals surface area contributed by atoms with Crippen molar-refractivity contribution >= 4 is 11.0 Å². The molecule has 0 aliphatic heterocycles. The molecule has 0 unspecified atom stereocenters. The molecule has 1 aromatic heterocycles. The number of aromatic nitrogens is 3. The van der Waals surface area contributed by atoms with Crippen LogP contribution in [0.4, 0.5) is 0 Å². The molecule has 0 atom stereocenters. The maximum atomic E-state index is 9.97. The minimum atomic E-state index is 0.0674. The predicted molar refractivity (Wildman–Crippen MR) is 76.1 cm³/mol. The van der Waals surface area contributed by atoms with Crippen molar-refractivity contribution in [1.29, 1.82) is 0 Å². The second-order valence-electron chi connectivity index (χ2n) is 4.78. The number of phenolic OH excluding ortho intramolecular Hbond substituents is 1. The van der Waals surface area contributed by atoms with Crippen molar-refractivity contribution in [1.82, 2.24) is 15.0 Å². The van der Waals surface area contributed by atoms with Crippen LogP contribution in [0, 0.1) is 6.92 Å². The molecule has 0 saturated carbocycles. The number of phenols is 1. The zero-order valence-corrected chi connectivity index (χ0v) is 11.1. The van der Waals surface area contributed by atoms with Crippen molar-refractivity contribution in [3.05, 3.63) is 47.5 Å². The Morgan fingerprint density at radius 2 is 1.85 bits per heavy atom. The topological polar surface area (TPSA) is 71.2 Å². The Hall–Kier alpha value is -2.40. The van der Waals surface area contributed by atoms with Gasteiger partial charge >= 0.3 is 0 Å². The number of benzene rings is 2. The third kappa shape index (κ3) is 2.23. The van der Waals surface area contributed by atoms with Crippen LogP contribution >= 0.6 is 0 Å². The molecule has 0 aliphatic carbocycles. The van der Waals surface area contributed by atoms with Gasteiger partial charge in [0.15, 0.2) is 0 Å². The lowest BCUT2D eigenvalue weighted by atomic mass is 10.1. The first-order valence-corrected chi connectivity index (χ1v) is 6.44. The van der Waals surface area contributed by atoms with Gasteiger partial charge in [-0.2, -0.15) is 0 Å². The van der Waals surface area contributed by atoms with E-state index in [1.807, 2.05) is 25.1 Å². The molecule has 2 N–H and O–H groups in total. The monoisotopic (exact) mass is 269 g/mol. The number of rotatable bonds is 3. The number of fused-ring (bicyclic) bond motifs is 1. The predicted octanol–water partition coefficient (Wildman–Crippen LogP) is 1.97. The third-order valence-corrected chi connectivity index (χ3v) is 3.19. The molecule has 0 fully saturated rings. The fourth-order valence-corrected chi connectivity index (χ4v) is 2.15. The van der Waals surface area contributed by atoms with Crippen molar-refractivity contribution in [2.24, 2.45) is 0 Å². The van der Waals surface area contributed by atoms with Gasteiger partial charge in [-0.15, -0.1) is 15.0 Å². The Morgan fingerprint density at radius 3 is 2.65 bits per heavy atom. The molecule has 5 nitrogen and oxygen atoms in total. The van der Waals surface area contributed by atoms with Crippen molar-refractivity contribution in [2.75, 3.05) is 6.61 Å². The standard InChI is InChI=1S/C15H15N3O2/c1-10-2-4-12-13(8-10)17-18(16-12)14-9-11(6-7-19)3-5-15(14)20/h2-5,8-9,19-20H,6-7H2,1H3. The van der Waals surface area contributed by atoms with E-state index >= 15 is 0 Å². The Kier molecular flexibility index (Phi) is 3.12. The molecule has 0 aliphatic rings. The molecule has 1 heterocycles. The van der Waals surface area contributed by atoms with Gasteiger partial charge in [0.25, 0.3) is 0 Å². The highest BCUT2D eigenvalue weighted by atomic mass is 16.3. The number of hydrogen-bond donors (Lipinski definition) is 2. The summed E-state index contributed by atoms with van der Waals surface area (Å²) >= 11 is 0. The van der Waals surface area contributed by atoms with Crippen LogP contribution in [-0.2, 0) is 6.42 Å². The largest absolute Gasteiger partial charge is 0.506 e. The lowest BCUT2D eigenvalue weighted by Crippen LogP contribution is -2.01. The summed E-state index contributed by atoms with van der Waals surface area (Å²) in [4.78, 5) is 1.43. The normalized spacial score (nSPS) is 11.1. The average molecular weight is 269 g/mol. The van der Waals surface area contributed by atoms with Gasteiger partial charge in [-0.1, -0.05) is 12.1 Å². The van der Waals surface area contributed by atoms with Crippen LogP contribution in [0.3, 0.4) is 0 Å². The SMILES string of the molecule is Cc1ccc2nn(-c3cc(CCO)ccc3O)nc2c1. The summed E-state index contributed by atoms with van der Waals surface area (Å²) in [6.07, 6.45) is 0.535. The van der Waals surface area contributed by atoms with Crippen molar-refractivity contribution in [3.63, 3.8) is 0 Å². The van der Waals surface area contributed by atoms with Crippen LogP contribution < -0.4 is 0 Å². The summed E-state index contributed by atoms with van der Waals surface area (Å²) in [6, 6.07) is 11.0. The Morgan fingerprint density at radius 1 is 1.05 bits per heavy atom. The molecule has 5 heteroatoms. The zero-order valence-electron chi connectivity index (χ0n) is 11.1. The van der Waals surface area contributed by atoms with E-state index in [9.17, 15) is 5.11 Å². The fourth-order valence-electron chi connectivity index (χ4n) is 2.15. The zero-order chi connectivity index (χ0) is 14.1. The van der Waals surface area contributed by atoms with E-state index in [1.165, 1.54) is 4.80 Å². The van der Waals surface area contributed by atoms with E-state index in [1.54, 1.807) is 18.2 Å². The van der Waals surface area contributed by atoms with Crippen LogP contribution in [-0.4, -0.2) is 31.8 Å². The van der Waals surface area contributed by atoms with Crippen LogP contribution in [0.2, 0.25) is 0 Å². The highest BCUT2D eigenvalue weighted by molar-refractivity contribution is 5.74. The number of aryl methyl sites for hydroxylation is 1. The molecule has 0 radical (unpaired) electrons. The summed E-state index contributed by atoms with van der Waals surface area (Å²) in [7, 11) is 0. The lowest BCUT2D eigenvalue weighted by Gasteiger charge is -2.05. The van der Waals surface area contributed by atoms with Gasteiger partial charge in [0, 0.05) is 6.61 Å². The summed E-state index contributed by atoms with van der Waals surface area (Å²) in [5.41, 5.74) is 4.13. The molecule has 3 aromatic rings. The first kappa shape index (κ1) is 12.6. The summed E-state index contributed by atoms with van der Waals surface area (Å²) in [5.74, 6) is 0.115. The molecule has 0 spiro atoms. The number of aromatic hydroxyl groups is 1. The molecule has 102 valence electrons. The smallest absolute Gasteiger partial charge is 0.143 e. The third-order valence-electron chi connectivity index (χ3n) is 3.19. The van der Waals surface area contributed by atoms with E-state index < -0.39 is 0 Å². The first-order chi connectivity index (χ1) is 9.67. The van der Waals surface area contributed by atoms with E-state index in [0.29, 0.717) is 12.1 Å². The summed E-state index contributed by atoms with van der Waals surface area (Å²) < 4.78 is 0. The van der Waals surface area contributed by atoms with Crippen molar-refractivity contribution < 1.29 is 10.2 Å². The van der Waals surface area contributed by atoms with Crippen molar-refractivity contribution in [2.45, 2.75) is 13.3 Å². The number of aliphatic hydroxyl groups is 1. The highest BCUT2D eigenvalue weighted by Gasteiger charge is 2.09. The van der Waals surface area contributed by atoms with E-state index in [4.69, 9.17) is 5.11 Å². The van der Waals surface area contributed by atoms with Gasteiger partial charge in [-0.3, -0.25) is 0 Å². The molecular weight excluding hydrogens is 254 g/mol. The minimum absolute atomic E-state index is 0.0674. The highest BCUT2D eigenvalue weighted by Crippen LogP contribution is 2.23. The van der Waals surface area contributed by atoms with Crippen LogP contribution in [0.25, 0.3) is 16.7 Å². The average Bonchev–Trinajstić information content (AvgIpc) is 2.84. The van der Waals surface area contributed by atoms with E-state index in [2.05, 4.69) is 10.2 Å². The molecule has 20 heavy (non-hydrogen) atoms. The quantitative estimate of drug-likeness (QED) is 0.762.